The normalized spacial score (nSPS) is 12.1. The summed E-state index contributed by atoms with van der Waals surface area (Å²) >= 11 is 0. The molecule has 1 atom stereocenters. The number of rotatable bonds is 3. The van der Waals surface area contributed by atoms with Gasteiger partial charge in [0.2, 0.25) is 5.91 Å². The molecule has 2 N–H and O–H groups in total. The highest BCUT2D eigenvalue weighted by atomic mass is 16.1. The lowest BCUT2D eigenvalue weighted by Crippen LogP contribution is -2.15. The molecule has 0 saturated carbocycles. The van der Waals surface area contributed by atoms with Crippen molar-refractivity contribution in [1.82, 2.24) is 4.98 Å². The van der Waals surface area contributed by atoms with E-state index in [1.807, 2.05) is 50.4 Å². The number of amides is 1. The zero-order valence-corrected chi connectivity index (χ0v) is 10.6. The van der Waals surface area contributed by atoms with Gasteiger partial charge in [-0.25, -0.2) is 0 Å². The first kappa shape index (κ1) is 12.3. The second-order valence-electron chi connectivity index (χ2n) is 4.41. The van der Waals surface area contributed by atoms with Crippen LogP contribution in [0.3, 0.4) is 0 Å². The smallest absolute Gasteiger partial charge is 0.248 e. The number of primary amides is 1. The van der Waals surface area contributed by atoms with Gasteiger partial charge < -0.3 is 5.73 Å². The molecule has 0 fully saturated rings. The van der Waals surface area contributed by atoms with Gasteiger partial charge in [0.15, 0.2) is 0 Å². The second-order valence-corrected chi connectivity index (χ2v) is 4.41. The first-order valence-electron chi connectivity index (χ1n) is 5.91. The molecule has 92 valence electrons. The molecule has 0 aliphatic rings. The number of carbonyl (C=O) groups excluding carboxylic acids is 1. The molecule has 0 spiro atoms. The van der Waals surface area contributed by atoms with Crippen LogP contribution in [0, 0.1) is 6.92 Å². The topological polar surface area (TPSA) is 56.0 Å². The average molecular weight is 240 g/mol. The van der Waals surface area contributed by atoms with Gasteiger partial charge in [-0.3, -0.25) is 9.78 Å². The molecule has 0 unspecified atom stereocenters. The number of hydrogen-bond donors (Lipinski definition) is 1. The zero-order chi connectivity index (χ0) is 13.1. The van der Waals surface area contributed by atoms with E-state index in [1.54, 1.807) is 6.07 Å². The minimum atomic E-state index is -0.391. The van der Waals surface area contributed by atoms with E-state index in [1.165, 1.54) is 0 Å². The molecule has 1 heterocycles. The quantitative estimate of drug-likeness (QED) is 0.896. The highest BCUT2D eigenvalue weighted by Crippen LogP contribution is 2.26. The first-order valence-corrected chi connectivity index (χ1v) is 5.91. The molecule has 3 nitrogen and oxygen atoms in total. The largest absolute Gasteiger partial charge is 0.366 e. The van der Waals surface area contributed by atoms with Crippen LogP contribution < -0.4 is 5.73 Å². The van der Waals surface area contributed by atoms with E-state index in [2.05, 4.69) is 4.98 Å². The number of aromatic nitrogens is 1. The number of nitrogens with two attached hydrogens (primary N) is 1. The fraction of sp³-hybridized carbons (Fsp3) is 0.200. The van der Waals surface area contributed by atoms with Crippen LogP contribution >= 0.6 is 0 Å². The van der Waals surface area contributed by atoms with E-state index in [4.69, 9.17) is 5.73 Å². The second kappa shape index (κ2) is 5.00. The third kappa shape index (κ3) is 2.40. The van der Waals surface area contributed by atoms with Crippen LogP contribution in [0.2, 0.25) is 0 Å². The standard InChI is InChI=1S/C15H16N2O/c1-10-7-8-12(9-17-10)11(2)13-5-3-4-6-14(13)15(16)18/h3-9,11H,1-2H3,(H2,16,18)/t11-/m0/s1. The average Bonchev–Trinajstić information content (AvgIpc) is 2.39. The highest BCUT2D eigenvalue weighted by molar-refractivity contribution is 5.94. The summed E-state index contributed by atoms with van der Waals surface area (Å²) in [5.41, 5.74) is 8.97. The third-order valence-corrected chi connectivity index (χ3v) is 3.13. The fourth-order valence-corrected chi connectivity index (χ4v) is 2.01. The Hall–Kier alpha value is -2.16. The summed E-state index contributed by atoms with van der Waals surface area (Å²) < 4.78 is 0. The number of hydrogen-bond acceptors (Lipinski definition) is 2. The summed E-state index contributed by atoms with van der Waals surface area (Å²) in [6.07, 6.45) is 1.85. The van der Waals surface area contributed by atoms with Gasteiger partial charge in [0.05, 0.1) is 0 Å². The number of carbonyl (C=O) groups is 1. The van der Waals surface area contributed by atoms with Crippen LogP contribution in [-0.4, -0.2) is 10.9 Å². The van der Waals surface area contributed by atoms with Gasteiger partial charge in [-0.15, -0.1) is 0 Å². The van der Waals surface area contributed by atoms with Crippen molar-refractivity contribution < 1.29 is 4.79 Å². The van der Waals surface area contributed by atoms with Crippen LogP contribution in [0.1, 0.15) is 40.0 Å². The Bertz CT molecular complexity index is 561. The molecular weight excluding hydrogens is 224 g/mol. The summed E-state index contributed by atoms with van der Waals surface area (Å²) in [4.78, 5) is 15.7. The van der Waals surface area contributed by atoms with Crippen LogP contribution in [0.25, 0.3) is 0 Å². The molecule has 0 bridgehead atoms. The van der Waals surface area contributed by atoms with Gasteiger partial charge in [-0.2, -0.15) is 0 Å². The number of nitrogens with zero attached hydrogens (tertiary/aromatic N) is 1. The Balaban J connectivity index is 2.42. The van der Waals surface area contributed by atoms with Gasteiger partial charge in [0, 0.05) is 23.4 Å². The summed E-state index contributed by atoms with van der Waals surface area (Å²) in [6, 6.07) is 11.4. The van der Waals surface area contributed by atoms with Crippen LogP contribution in [-0.2, 0) is 0 Å². The number of aryl methyl sites for hydroxylation is 1. The van der Waals surface area contributed by atoms with Crippen molar-refractivity contribution in [3.8, 4) is 0 Å². The minimum absolute atomic E-state index is 0.0989. The molecule has 2 rings (SSSR count). The Morgan fingerprint density at radius 2 is 1.94 bits per heavy atom. The van der Waals surface area contributed by atoms with Crippen molar-refractivity contribution in [3.63, 3.8) is 0 Å². The maximum Gasteiger partial charge on any atom is 0.248 e. The van der Waals surface area contributed by atoms with E-state index in [-0.39, 0.29) is 5.92 Å². The zero-order valence-electron chi connectivity index (χ0n) is 10.6. The molecule has 0 aliphatic heterocycles. The number of benzene rings is 1. The summed E-state index contributed by atoms with van der Waals surface area (Å²) in [6.45, 7) is 4.00. The Morgan fingerprint density at radius 3 is 2.56 bits per heavy atom. The molecule has 1 aromatic heterocycles. The van der Waals surface area contributed by atoms with E-state index in [0.717, 1.165) is 16.8 Å². The minimum Gasteiger partial charge on any atom is -0.366 e. The summed E-state index contributed by atoms with van der Waals surface area (Å²) in [5, 5.41) is 0. The maximum atomic E-state index is 11.4. The summed E-state index contributed by atoms with van der Waals surface area (Å²) in [5.74, 6) is -0.292. The molecule has 18 heavy (non-hydrogen) atoms. The fourth-order valence-electron chi connectivity index (χ4n) is 2.01. The summed E-state index contributed by atoms with van der Waals surface area (Å²) in [7, 11) is 0. The first-order chi connectivity index (χ1) is 8.59. The predicted octanol–water partition coefficient (Wildman–Crippen LogP) is 2.64. The lowest BCUT2D eigenvalue weighted by molar-refractivity contribution is 0.0999. The van der Waals surface area contributed by atoms with Crippen molar-refractivity contribution in [2.24, 2.45) is 5.73 Å². The lowest BCUT2D eigenvalue weighted by Gasteiger charge is -2.15. The third-order valence-electron chi connectivity index (χ3n) is 3.13. The van der Waals surface area contributed by atoms with Crippen LogP contribution in [0.4, 0.5) is 0 Å². The van der Waals surface area contributed by atoms with Gasteiger partial charge in [0.1, 0.15) is 0 Å². The molecule has 0 aliphatic carbocycles. The molecule has 1 aromatic carbocycles. The predicted molar refractivity (Wildman–Crippen MR) is 71.5 cm³/mol. The van der Waals surface area contributed by atoms with Crippen molar-refractivity contribution in [2.45, 2.75) is 19.8 Å². The Labute approximate surface area is 107 Å². The molecule has 3 heteroatoms. The Morgan fingerprint density at radius 1 is 1.22 bits per heavy atom. The molecule has 0 radical (unpaired) electrons. The number of pyridine rings is 1. The van der Waals surface area contributed by atoms with Crippen molar-refractivity contribution in [3.05, 3.63) is 65.0 Å². The molecule has 2 aromatic rings. The van der Waals surface area contributed by atoms with Gasteiger partial charge in [-0.05, 0) is 30.2 Å². The van der Waals surface area contributed by atoms with Crippen molar-refractivity contribution >= 4 is 5.91 Å². The molecule has 0 saturated heterocycles. The van der Waals surface area contributed by atoms with Crippen molar-refractivity contribution in [2.75, 3.05) is 0 Å². The van der Waals surface area contributed by atoms with E-state index >= 15 is 0 Å². The van der Waals surface area contributed by atoms with E-state index < -0.39 is 5.91 Å². The van der Waals surface area contributed by atoms with Crippen LogP contribution in [0.15, 0.2) is 42.6 Å². The molecular formula is C15H16N2O. The van der Waals surface area contributed by atoms with Gasteiger partial charge in [-0.1, -0.05) is 31.2 Å². The monoisotopic (exact) mass is 240 g/mol. The Kier molecular flexibility index (Phi) is 3.42. The van der Waals surface area contributed by atoms with Crippen LogP contribution in [0.5, 0.6) is 0 Å². The lowest BCUT2D eigenvalue weighted by atomic mass is 9.90. The van der Waals surface area contributed by atoms with E-state index in [9.17, 15) is 4.79 Å². The molecule has 1 amide bonds. The maximum absolute atomic E-state index is 11.4. The van der Waals surface area contributed by atoms with Gasteiger partial charge in [0.25, 0.3) is 0 Å². The van der Waals surface area contributed by atoms with Gasteiger partial charge >= 0.3 is 0 Å². The highest BCUT2D eigenvalue weighted by Gasteiger charge is 2.15. The van der Waals surface area contributed by atoms with Crippen molar-refractivity contribution in [1.29, 1.82) is 0 Å². The van der Waals surface area contributed by atoms with E-state index in [0.29, 0.717) is 5.56 Å². The SMILES string of the molecule is Cc1ccc([C@H](C)c2ccccc2C(N)=O)cn1.